The lowest BCUT2D eigenvalue weighted by atomic mass is 10.3. The maximum absolute atomic E-state index is 5.43. The molecule has 8 heteroatoms. The topological polar surface area (TPSA) is 81.6 Å². The van der Waals surface area contributed by atoms with Gasteiger partial charge in [-0.15, -0.1) is 0 Å². The van der Waals surface area contributed by atoms with Gasteiger partial charge >= 0.3 is 6.01 Å². The van der Waals surface area contributed by atoms with Crippen LogP contribution in [0, 0.1) is 0 Å². The Hall–Kier alpha value is -1.67. The first-order chi connectivity index (χ1) is 10.2. The van der Waals surface area contributed by atoms with Crippen LogP contribution in [-0.4, -0.2) is 68.1 Å². The van der Waals surface area contributed by atoms with Gasteiger partial charge in [-0.05, 0) is 6.42 Å². The van der Waals surface area contributed by atoms with Crippen molar-refractivity contribution in [2.24, 2.45) is 0 Å². The maximum Gasteiger partial charge on any atom is 0.322 e. The minimum Gasteiger partial charge on any atom is -0.467 e. The molecule has 0 bridgehead atoms. The van der Waals surface area contributed by atoms with E-state index in [1.807, 2.05) is 4.90 Å². The summed E-state index contributed by atoms with van der Waals surface area (Å²) in [5.41, 5.74) is 0. The summed E-state index contributed by atoms with van der Waals surface area (Å²) in [5, 5.41) is 3.15. The van der Waals surface area contributed by atoms with Crippen LogP contribution < -0.4 is 15.0 Å². The lowest BCUT2D eigenvalue weighted by Gasteiger charge is -2.16. The highest BCUT2D eigenvalue weighted by molar-refractivity contribution is 5.40. The van der Waals surface area contributed by atoms with Gasteiger partial charge in [-0.2, -0.15) is 15.0 Å². The molecule has 0 amide bonds. The summed E-state index contributed by atoms with van der Waals surface area (Å²) in [5.74, 6) is 1.09. The van der Waals surface area contributed by atoms with Crippen molar-refractivity contribution in [2.75, 3.05) is 51.2 Å². The fourth-order valence-electron chi connectivity index (χ4n) is 2.25. The van der Waals surface area contributed by atoms with Crippen molar-refractivity contribution in [3.63, 3.8) is 0 Å². The summed E-state index contributed by atoms with van der Waals surface area (Å²) in [4.78, 5) is 15.0. The van der Waals surface area contributed by atoms with E-state index in [9.17, 15) is 0 Å². The molecule has 1 aliphatic rings. The van der Waals surface area contributed by atoms with Crippen LogP contribution in [0.15, 0.2) is 0 Å². The van der Waals surface area contributed by atoms with Crippen molar-refractivity contribution in [2.45, 2.75) is 25.6 Å². The summed E-state index contributed by atoms with van der Waals surface area (Å²) in [7, 11) is 4.91. The monoisotopic (exact) mass is 297 g/mol. The third-order valence-corrected chi connectivity index (χ3v) is 3.42. The fraction of sp³-hybridized carbons (Fsp3) is 0.769. The summed E-state index contributed by atoms with van der Waals surface area (Å²) in [6.45, 7) is 4.23. The van der Waals surface area contributed by atoms with Crippen molar-refractivity contribution < 1.29 is 14.2 Å². The predicted molar refractivity (Wildman–Crippen MR) is 79.0 cm³/mol. The second kappa shape index (κ2) is 7.37. The second-order valence-electron chi connectivity index (χ2n) is 4.83. The van der Waals surface area contributed by atoms with Gasteiger partial charge in [0.05, 0.1) is 7.11 Å². The van der Waals surface area contributed by atoms with Crippen LogP contribution in [0.4, 0.5) is 11.9 Å². The van der Waals surface area contributed by atoms with E-state index in [1.165, 1.54) is 0 Å². The Kier molecular flexibility index (Phi) is 5.51. The summed E-state index contributed by atoms with van der Waals surface area (Å²) >= 11 is 0. The van der Waals surface area contributed by atoms with Gasteiger partial charge < -0.3 is 24.4 Å². The number of hydrogen-bond donors (Lipinski definition) is 1. The van der Waals surface area contributed by atoms with Crippen molar-refractivity contribution in [3.05, 3.63) is 0 Å². The Morgan fingerprint density at radius 3 is 2.29 bits per heavy atom. The average Bonchev–Trinajstić information content (AvgIpc) is 2.96. The standard InChI is InChI=1S/C13H23N5O3/c1-5-6-14-11-15-12(17-13(16-11)21-4)18-7-9(19-2)10(8-18)20-3/h9-10H,5-8H2,1-4H3,(H,14,15,16,17). The highest BCUT2D eigenvalue weighted by Crippen LogP contribution is 2.22. The van der Waals surface area contributed by atoms with E-state index in [0.29, 0.717) is 31.0 Å². The minimum absolute atomic E-state index is 0.00445. The number of hydrogen-bond acceptors (Lipinski definition) is 8. The molecular formula is C13H23N5O3. The molecule has 0 spiro atoms. The lowest BCUT2D eigenvalue weighted by molar-refractivity contribution is -0.00461. The van der Waals surface area contributed by atoms with Gasteiger partial charge in [0.15, 0.2) is 0 Å². The third kappa shape index (κ3) is 3.70. The van der Waals surface area contributed by atoms with Gasteiger partial charge in [-0.3, -0.25) is 0 Å². The molecule has 2 rings (SSSR count). The highest BCUT2D eigenvalue weighted by atomic mass is 16.5. The van der Waals surface area contributed by atoms with Crippen LogP contribution >= 0.6 is 0 Å². The zero-order chi connectivity index (χ0) is 15.2. The first-order valence-electron chi connectivity index (χ1n) is 7.06. The van der Waals surface area contributed by atoms with Gasteiger partial charge in [-0.25, -0.2) is 0 Å². The minimum atomic E-state index is 0.00445. The number of rotatable bonds is 7. The molecule has 0 aliphatic carbocycles. The maximum atomic E-state index is 5.43. The Morgan fingerprint density at radius 1 is 1.10 bits per heavy atom. The third-order valence-electron chi connectivity index (χ3n) is 3.42. The summed E-state index contributed by atoms with van der Waals surface area (Å²) < 4.78 is 16.0. The number of ether oxygens (including phenoxy) is 3. The Labute approximate surface area is 124 Å². The molecule has 1 aromatic heterocycles. The van der Waals surface area contributed by atoms with Gasteiger partial charge in [0.2, 0.25) is 11.9 Å². The number of anilines is 2. The second-order valence-corrected chi connectivity index (χ2v) is 4.83. The zero-order valence-electron chi connectivity index (χ0n) is 13.0. The molecule has 8 nitrogen and oxygen atoms in total. The van der Waals surface area contributed by atoms with Crippen molar-refractivity contribution in [1.82, 2.24) is 15.0 Å². The molecular weight excluding hydrogens is 274 g/mol. The smallest absolute Gasteiger partial charge is 0.322 e. The molecule has 0 radical (unpaired) electrons. The van der Waals surface area contributed by atoms with Crippen molar-refractivity contribution in [3.8, 4) is 6.01 Å². The first kappa shape index (κ1) is 15.7. The summed E-state index contributed by atoms with van der Waals surface area (Å²) in [6, 6.07) is 0.299. The van der Waals surface area contributed by atoms with Crippen molar-refractivity contribution in [1.29, 1.82) is 0 Å². The molecule has 1 aliphatic heterocycles. The number of nitrogens with one attached hydrogen (secondary N) is 1. The molecule has 2 unspecified atom stereocenters. The van der Waals surface area contributed by atoms with E-state index in [4.69, 9.17) is 14.2 Å². The van der Waals surface area contributed by atoms with E-state index < -0.39 is 0 Å². The highest BCUT2D eigenvalue weighted by Gasteiger charge is 2.34. The first-order valence-corrected chi connectivity index (χ1v) is 7.06. The quantitative estimate of drug-likeness (QED) is 0.781. The van der Waals surface area contributed by atoms with E-state index in [2.05, 4.69) is 27.2 Å². The zero-order valence-corrected chi connectivity index (χ0v) is 13.0. The van der Waals surface area contributed by atoms with Gasteiger partial charge in [0.1, 0.15) is 12.2 Å². The largest absolute Gasteiger partial charge is 0.467 e. The average molecular weight is 297 g/mol. The predicted octanol–water partition coefficient (Wildman–Crippen LogP) is 0.552. The van der Waals surface area contributed by atoms with Gasteiger partial charge in [0, 0.05) is 33.9 Å². The molecule has 0 aromatic carbocycles. The SMILES string of the molecule is CCCNc1nc(OC)nc(N2CC(OC)C(OC)C2)n1. The molecule has 2 atom stereocenters. The Bertz CT molecular complexity index is 447. The molecule has 118 valence electrons. The van der Waals surface area contributed by atoms with Crippen LogP contribution in [0.1, 0.15) is 13.3 Å². The van der Waals surface area contributed by atoms with Crippen LogP contribution in [0.25, 0.3) is 0 Å². The van der Waals surface area contributed by atoms with Crippen LogP contribution in [0.5, 0.6) is 6.01 Å². The van der Waals surface area contributed by atoms with Gasteiger partial charge in [-0.1, -0.05) is 6.92 Å². The molecule has 21 heavy (non-hydrogen) atoms. The normalized spacial score (nSPS) is 21.6. The van der Waals surface area contributed by atoms with E-state index in [0.717, 1.165) is 13.0 Å². The molecule has 1 aromatic rings. The van der Waals surface area contributed by atoms with E-state index in [1.54, 1.807) is 21.3 Å². The molecule has 2 heterocycles. The summed E-state index contributed by atoms with van der Waals surface area (Å²) in [6.07, 6.45) is 1.000. The van der Waals surface area contributed by atoms with Crippen molar-refractivity contribution >= 4 is 11.9 Å². The van der Waals surface area contributed by atoms with E-state index in [-0.39, 0.29) is 12.2 Å². The molecule has 1 fully saturated rings. The Morgan fingerprint density at radius 2 is 1.76 bits per heavy atom. The van der Waals surface area contributed by atoms with E-state index >= 15 is 0 Å². The van der Waals surface area contributed by atoms with Crippen LogP contribution in [-0.2, 0) is 9.47 Å². The van der Waals surface area contributed by atoms with Crippen LogP contribution in [0.3, 0.4) is 0 Å². The molecule has 1 saturated heterocycles. The Balaban J connectivity index is 2.18. The molecule has 1 N–H and O–H groups in total. The van der Waals surface area contributed by atoms with Gasteiger partial charge in [0.25, 0.3) is 0 Å². The fourth-order valence-corrected chi connectivity index (χ4v) is 2.25. The van der Waals surface area contributed by atoms with Crippen LogP contribution in [0.2, 0.25) is 0 Å². The number of nitrogens with zero attached hydrogens (tertiary/aromatic N) is 4. The number of aromatic nitrogens is 3. The number of methoxy groups -OCH3 is 3. The lowest BCUT2D eigenvalue weighted by Crippen LogP contribution is -2.27. The molecule has 0 saturated carbocycles.